The second-order valence-corrected chi connectivity index (χ2v) is 5.00. The van der Waals surface area contributed by atoms with Gasteiger partial charge in [0, 0.05) is 24.5 Å². The van der Waals surface area contributed by atoms with Gasteiger partial charge in [0.2, 0.25) is 5.91 Å². The second kappa shape index (κ2) is 7.22. The molecule has 0 bridgehead atoms. The Morgan fingerprint density at radius 1 is 1.27 bits per heavy atom. The van der Waals surface area contributed by atoms with E-state index in [0.29, 0.717) is 12.1 Å². The van der Waals surface area contributed by atoms with Gasteiger partial charge in [-0.25, -0.2) is 0 Å². The molecule has 0 radical (unpaired) electrons. The number of benzene rings is 1. The highest BCUT2D eigenvalue weighted by Crippen LogP contribution is 2.12. The molecular weight excluding hydrogens is 274 g/mol. The van der Waals surface area contributed by atoms with Gasteiger partial charge >= 0.3 is 0 Å². The largest absolute Gasteiger partial charge is 0.326 e. The third kappa shape index (κ3) is 4.59. The van der Waals surface area contributed by atoms with Gasteiger partial charge in [0.1, 0.15) is 0 Å². The molecule has 0 spiro atoms. The maximum Gasteiger partial charge on any atom is 0.228 e. The zero-order valence-corrected chi connectivity index (χ0v) is 12.6. The Kier molecular flexibility index (Phi) is 5.09. The van der Waals surface area contributed by atoms with Crippen LogP contribution in [-0.4, -0.2) is 15.7 Å². The van der Waals surface area contributed by atoms with E-state index in [1.807, 2.05) is 49.7 Å². The van der Waals surface area contributed by atoms with Crippen molar-refractivity contribution in [1.29, 1.82) is 0 Å². The number of hydrogen-bond donors (Lipinski definition) is 1. The van der Waals surface area contributed by atoms with Crippen LogP contribution in [0.5, 0.6) is 0 Å². The Balaban J connectivity index is 1.86. The molecule has 1 amide bonds. The highest BCUT2D eigenvalue weighted by atomic mass is 16.1. The van der Waals surface area contributed by atoms with Gasteiger partial charge in [0.15, 0.2) is 0 Å². The summed E-state index contributed by atoms with van der Waals surface area (Å²) in [6.45, 7) is 7.79. The number of aromatic nitrogens is 2. The smallest absolute Gasteiger partial charge is 0.228 e. The predicted molar refractivity (Wildman–Crippen MR) is 88.8 cm³/mol. The van der Waals surface area contributed by atoms with Crippen LogP contribution in [0.4, 0.5) is 0 Å². The predicted octanol–water partition coefficient (Wildman–Crippen LogP) is 2.86. The van der Waals surface area contributed by atoms with Crippen LogP contribution in [0.1, 0.15) is 11.1 Å². The van der Waals surface area contributed by atoms with Crippen LogP contribution in [-0.2, 0) is 18.3 Å². The quantitative estimate of drug-likeness (QED) is 0.833. The minimum Gasteiger partial charge on any atom is -0.326 e. The van der Waals surface area contributed by atoms with Crippen molar-refractivity contribution in [2.75, 3.05) is 0 Å². The third-order valence-electron chi connectivity index (χ3n) is 3.07. The fourth-order valence-electron chi connectivity index (χ4n) is 1.93. The van der Waals surface area contributed by atoms with Gasteiger partial charge in [0.25, 0.3) is 0 Å². The second-order valence-electron chi connectivity index (χ2n) is 5.00. The SMILES string of the molecule is C=C(/C=C\C(=C)c1cnn(C)c1)NC(=O)Cc1ccccc1. The molecule has 0 aliphatic carbocycles. The van der Waals surface area contributed by atoms with E-state index in [-0.39, 0.29) is 5.91 Å². The lowest BCUT2D eigenvalue weighted by molar-refractivity contribution is -0.119. The fourth-order valence-corrected chi connectivity index (χ4v) is 1.93. The third-order valence-corrected chi connectivity index (χ3v) is 3.07. The summed E-state index contributed by atoms with van der Waals surface area (Å²) < 4.78 is 1.71. The maximum atomic E-state index is 11.9. The van der Waals surface area contributed by atoms with Crippen molar-refractivity contribution >= 4 is 11.5 Å². The minimum absolute atomic E-state index is 0.0900. The van der Waals surface area contributed by atoms with E-state index in [1.165, 1.54) is 0 Å². The van der Waals surface area contributed by atoms with Crippen molar-refractivity contribution < 1.29 is 4.79 Å². The van der Waals surface area contributed by atoms with E-state index in [0.717, 1.165) is 16.7 Å². The van der Waals surface area contributed by atoms with Gasteiger partial charge in [-0.05, 0) is 17.2 Å². The summed E-state index contributed by atoms with van der Waals surface area (Å²) in [5, 5.41) is 6.85. The first-order valence-electron chi connectivity index (χ1n) is 6.93. The number of hydrogen-bond acceptors (Lipinski definition) is 2. The molecule has 2 aromatic rings. The zero-order valence-electron chi connectivity index (χ0n) is 12.6. The van der Waals surface area contributed by atoms with E-state index in [1.54, 1.807) is 17.0 Å². The van der Waals surface area contributed by atoms with E-state index in [9.17, 15) is 4.79 Å². The first-order valence-corrected chi connectivity index (χ1v) is 6.93. The highest BCUT2D eigenvalue weighted by Gasteiger charge is 2.03. The number of nitrogens with one attached hydrogen (secondary N) is 1. The van der Waals surface area contributed by atoms with Crippen molar-refractivity contribution in [3.63, 3.8) is 0 Å². The Hall–Kier alpha value is -2.88. The molecule has 4 heteroatoms. The number of aryl methyl sites for hydroxylation is 1. The standard InChI is InChI=1S/C18H19N3O/c1-14(17-12-19-21(3)13-17)9-10-15(2)20-18(22)11-16-7-5-4-6-8-16/h4-10,12-13H,1-2,11H2,3H3,(H,20,22)/b10-9-. The molecule has 22 heavy (non-hydrogen) atoms. The minimum atomic E-state index is -0.0900. The van der Waals surface area contributed by atoms with E-state index < -0.39 is 0 Å². The van der Waals surface area contributed by atoms with Crippen LogP contribution in [0.3, 0.4) is 0 Å². The Labute approximate surface area is 130 Å². The Morgan fingerprint density at radius 3 is 2.64 bits per heavy atom. The van der Waals surface area contributed by atoms with Crippen molar-refractivity contribution in [1.82, 2.24) is 15.1 Å². The highest BCUT2D eigenvalue weighted by molar-refractivity contribution is 5.81. The molecule has 112 valence electrons. The molecular formula is C18H19N3O. The molecule has 0 atom stereocenters. The molecule has 1 aromatic carbocycles. The molecule has 1 heterocycles. The summed E-state index contributed by atoms with van der Waals surface area (Å²) >= 11 is 0. The van der Waals surface area contributed by atoms with E-state index in [2.05, 4.69) is 23.6 Å². The molecule has 0 aliphatic heterocycles. The van der Waals surface area contributed by atoms with Crippen molar-refractivity contribution in [2.45, 2.75) is 6.42 Å². The van der Waals surface area contributed by atoms with Gasteiger partial charge in [-0.15, -0.1) is 0 Å². The van der Waals surface area contributed by atoms with Crippen LogP contribution in [0.2, 0.25) is 0 Å². The average Bonchev–Trinajstić information content (AvgIpc) is 2.92. The number of carbonyl (C=O) groups excluding carboxylic acids is 1. The summed E-state index contributed by atoms with van der Waals surface area (Å²) in [6, 6.07) is 9.59. The van der Waals surface area contributed by atoms with Gasteiger partial charge in [-0.3, -0.25) is 9.48 Å². The first kappa shape index (κ1) is 15.5. The van der Waals surface area contributed by atoms with Crippen LogP contribution in [0.25, 0.3) is 5.57 Å². The fraction of sp³-hybridized carbons (Fsp3) is 0.111. The number of amides is 1. The average molecular weight is 293 g/mol. The first-order chi connectivity index (χ1) is 10.5. The van der Waals surface area contributed by atoms with Crippen molar-refractivity contribution in [3.05, 3.63) is 84.9 Å². The summed E-state index contributed by atoms with van der Waals surface area (Å²) in [5.74, 6) is -0.0900. The summed E-state index contributed by atoms with van der Waals surface area (Å²) in [6.07, 6.45) is 7.49. The topological polar surface area (TPSA) is 46.9 Å². The maximum absolute atomic E-state index is 11.9. The molecule has 0 fully saturated rings. The summed E-state index contributed by atoms with van der Waals surface area (Å²) in [4.78, 5) is 11.9. The number of nitrogens with zero attached hydrogens (tertiary/aromatic N) is 2. The lowest BCUT2D eigenvalue weighted by Crippen LogP contribution is -2.23. The van der Waals surface area contributed by atoms with E-state index >= 15 is 0 Å². The summed E-state index contributed by atoms with van der Waals surface area (Å²) in [5.41, 5.74) is 3.25. The normalized spacial score (nSPS) is 10.6. The molecule has 0 unspecified atom stereocenters. The Bertz CT molecular complexity index is 711. The number of rotatable bonds is 6. The molecule has 1 aromatic heterocycles. The van der Waals surface area contributed by atoms with Gasteiger partial charge in [-0.1, -0.05) is 49.6 Å². The zero-order chi connectivity index (χ0) is 15.9. The Morgan fingerprint density at radius 2 is 2.00 bits per heavy atom. The number of allylic oxidation sites excluding steroid dienone is 3. The van der Waals surface area contributed by atoms with E-state index in [4.69, 9.17) is 0 Å². The van der Waals surface area contributed by atoms with Crippen LogP contribution in [0.15, 0.2) is 73.7 Å². The molecule has 0 aliphatic rings. The molecule has 0 saturated heterocycles. The number of carbonyl (C=O) groups is 1. The van der Waals surface area contributed by atoms with Crippen LogP contribution < -0.4 is 5.32 Å². The van der Waals surface area contributed by atoms with Crippen LogP contribution in [0, 0.1) is 0 Å². The lowest BCUT2D eigenvalue weighted by Gasteiger charge is -2.05. The van der Waals surface area contributed by atoms with Gasteiger partial charge in [0.05, 0.1) is 12.6 Å². The lowest BCUT2D eigenvalue weighted by atomic mass is 10.1. The molecule has 0 saturated carbocycles. The van der Waals surface area contributed by atoms with Crippen molar-refractivity contribution in [3.8, 4) is 0 Å². The molecule has 4 nitrogen and oxygen atoms in total. The van der Waals surface area contributed by atoms with Gasteiger partial charge in [-0.2, -0.15) is 5.10 Å². The molecule has 1 N–H and O–H groups in total. The monoisotopic (exact) mass is 293 g/mol. The molecule has 2 rings (SSSR count). The summed E-state index contributed by atoms with van der Waals surface area (Å²) in [7, 11) is 1.85. The van der Waals surface area contributed by atoms with Gasteiger partial charge < -0.3 is 5.32 Å². The van der Waals surface area contributed by atoms with Crippen molar-refractivity contribution in [2.24, 2.45) is 7.05 Å². The van der Waals surface area contributed by atoms with Crippen LogP contribution >= 0.6 is 0 Å².